The monoisotopic (exact) mass is 421 g/mol. The smallest absolute Gasteiger partial charge is 0.248 e. The lowest BCUT2D eigenvalue weighted by Crippen LogP contribution is -2.32. The summed E-state index contributed by atoms with van der Waals surface area (Å²) in [6.45, 7) is 1.04. The minimum absolute atomic E-state index is 0.147. The van der Waals surface area contributed by atoms with E-state index in [2.05, 4.69) is 10.3 Å². The molecule has 3 rings (SSSR count). The van der Waals surface area contributed by atoms with Crippen LogP contribution >= 0.6 is 11.3 Å². The van der Waals surface area contributed by atoms with Gasteiger partial charge in [0.05, 0.1) is 28.9 Å². The Kier molecular flexibility index (Phi) is 6.82. The van der Waals surface area contributed by atoms with Crippen molar-refractivity contribution in [3.8, 4) is 5.75 Å². The Balaban J connectivity index is 1.82. The van der Waals surface area contributed by atoms with Crippen molar-refractivity contribution >= 4 is 39.0 Å². The molecule has 0 radical (unpaired) electrons. The number of carbonyl (C=O) groups is 1. The third-order valence-electron chi connectivity index (χ3n) is 4.49. The summed E-state index contributed by atoms with van der Waals surface area (Å²) in [6.07, 6.45) is 6.75. The molecule has 0 spiro atoms. The highest BCUT2D eigenvalue weighted by Crippen LogP contribution is 2.30. The number of nitrogens with zero attached hydrogens (tertiary/aromatic N) is 2. The van der Waals surface area contributed by atoms with E-state index in [1.54, 1.807) is 17.7 Å². The molecule has 0 bridgehead atoms. The molecular weight excluding hydrogens is 398 g/mol. The number of aromatic nitrogens is 1. The zero-order valence-electron chi connectivity index (χ0n) is 15.6. The fraction of sp³-hybridized carbons (Fsp3) is 0.368. The number of rotatable bonds is 6. The average molecular weight is 422 g/mol. The zero-order valence-corrected chi connectivity index (χ0v) is 17.3. The highest BCUT2D eigenvalue weighted by molar-refractivity contribution is 7.89. The Labute approximate surface area is 169 Å². The van der Waals surface area contributed by atoms with Gasteiger partial charge >= 0.3 is 0 Å². The lowest BCUT2D eigenvalue weighted by Gasteiger charge is -2.20. The summed E-state index contributed by atoms with van der Waals surface area (Å²) < 4.78 is 32.8. The van der Waals surface area contributed by atoms with Crippen LogP contribution in [0.1, 0.15) is 31.4 Å². The van der Waals surface area contributed by atoms with Crippen LogP contribution in [0.4, 0.5) is 5.69 Å². The van der Waals surface area contributed by atoms with Gasteiger partial charge in [0, 0.05) is 24.5 Å². The predicted molar refractivity (Wildman–Crippen MR) is 110 cm³/mol. The summed E-state index contributed by atoms with van der Waals surface area (Å²) in [4.78, 5) is 16.5. The number of amides is 1. The molecule has 9 heteroatoms. The van der Waals surface area contributed by atoms with Gasteiger partial charge < -0.3 is 10.1 Å². The molecule has 0 saturated carbocycles. The van der Waals surface area contributed by atoms with Gasteiger partial charge in [-0.2, -0.15) is 4.31 Å². The molecule has 2 heterocycles. The number of hydrogen-bond donors (Lipinski definition) is 1. The fourth-order valence-electron chi connectivity index (χ4n) is 3.02. The molecule has 2 aromatic rings. The molecule has 28 heavy (non-hydrogen) atoms. The van der Waals surface area contributed by atoms with Crippen molar-refractivity contribution in [1.82, 2.24) is 9.29 Å². The minimum Gasteiger partial charge on any atom is -0.495 e. The van der Waals surface area contributed by atoms with Crippen molar-refractivity contribution < 1.29 is 17.9 Å². The van der Waals surface area contributed by atoms with Crippen LogP contribution in [-0.2, 0) is 14.8 Å². The van der Waals surface area contributed by atoms with Crippen LogP contribution in [0.25, 0.3) is 6.08 Å². The van der Waals surface area contributed by atoms with Crippen LogP contribution in [0, 0.1) is 0 Å². The molecule has 7 nitrogen and oxygen atoms in total. The van der Waals surface area contributed by atoms with E-state index in [1.165, 1.54) is 41.0 Å². The maximum Gasteiger partial charge on any atom is 0.248 e. The van der Waals surface area contributed by atoms with E-state index >= 15 is 0 Å². The third kappa shape index (κ3) is 4.98. The summed E-state index contributed by atoms with van der Waals surface area (Å²) in [6, 6.07) is 4.53. The average Bonchev–Trinajstić information content (AvgIpc) is 3.05. The molecule has 0 atom stereocenters. The van der Waals surface area contributed by atoms with Gasteiger partial charge in [0.15, 0.2) is 0 Å². The molecule has 0 unspecified atom stereocenters. The number of sulfonamides is 1. The Morgan fingerprint density at radius 3 is 2.64 bits per heavy atom. The zero-order chi connectivity index (χ0) is 20.0. The first-order valence-corrected chi connectivity index (χ1v) is 11.4. The first-order chi connectivity index (χ1) is 13.5. The van der Waals surface area contributed by atoms with Gasteiger partial charge in [-0.3, -0.25) is 4.79 Å². The quantitative estimate of drug-likeness (QED) is 0.723. The molecule has 1 amide bonds. The summed E-state index contributed by atoms with van der Waals surface area (Å²) in [5.41, 5.74) is 2.67. The minimum atomic E-state index is -3.62. The van der Waals surface area contributed by atoms with E-state index in [0.29, 0.717) is 30.2 Å². The number of ether oxygens (including phenoxy) is 1. The van der Waals surface area contributed by atoms with Gasteiger partial charge in [-0.25, -0.2) is 13.4 Å². The summed E-state index contributed by atoms with van der Waals surface area (Å²) in [5.74, 6) is 0.000783. The van der Waals surface area contributed by atoms with Gasteiger partial charge in [-0.1, -0.05) is 12.8 Å². The number of methoxy groups -OCH3 is 1. The second-order valence-corrected chi connectivity index (χ2v) is 9.07. The molecule has 1 aromatic carbocycles. The fourth-order valence-corrected chi connectivity index (χ4v) is 5.08. The molecule has 0 aliphatic carbocycles. The molecule has 1 aromatic heterocycles. The summed E-state index contributed by atoms with van der Waals surface area (Å²) >= 11 is 1.44. The molecule has 1 fully saturated rings. The van der Waals surface area contributed by atoms with Crippen molar-refractivity contribution in [1.29, 1.82) is 0 Å². The summed E-state index contributed by atoms with van der Waals surface area (Å²) in [7, 11) is -2.15. The highest BCUT2D eigenvalue weighted by Gasteiger charge is 2.26. The van der Waals surface area contributed by atoms with Gasteiger partial charge in [-0.15, -0.1) is 11.3 Å². The highest BCUT2D eigenvalue weighted by atomic mass is 32.2. The van der Waals surface area contributed by atoms with E-state index in [4.69, 9.17) is 4.74 Å². The third-order valence-corrected chi connectivity index (χ3v) is 6.99. The lowest BCUT2D eigenvalue weighted by atomic mass is 10.2. The number of thiazole rings is 1. The van der Waals surface area contributed by atoms with Gasteiger partial charge in [0.2, 0.25) is 15.9 Å². The standard InChI is InChI=1S/C19H23N3O4S2/c1-26-18-8-7-16(28(24,25)22-10-4-2-3-5-11-22)12-17(18)21-19(23)9-6-15-13-27-14-20-15/h6-9,12-14H,2-5,10-11H2,1H3,(H,21,23)/b9-6+. The van der Waals surface area contributed by atoms with Crippen LogP contribution in [-0.4, -0.2) is 43.8 Å². The molecule has 1 aliphatic rings. The number of anilines is 1. The Morgan fingerprint density at radius 1 is 1.25 bits per heavy atom. The molecular formula is C19H23N3O4S2. The van der Waals surface area contributed by atoms with E-state index in [-0.39, 0.29) is 4.90 Å². The lowest BCUT2D eigenvalue weighted by molar-refractivity contribution is -0.111. The Morgan fingerprint density at radius 2 is 2.00 bits per heavy atom. The van der Waals surface area contributed by atoms with Crippen LogP contribution < -0.4 is 10.1 Å². The topological polar surface area (TPSA) is 88.6 Å². The first-order valence-electron chi connectivity index (χ1n) is 9.06. The van der Waals surface area contributed by atoms with Gasteiger partial charge in [-0.05, 0) is 37.1 Å². The Bertz CT molecular complexity index is 932. The normalized spacial score (nSPS) is 16.0. The predicted octanol–water partition coefficient (Wildman–Crippen LogP) is 3.37. The van der Waals surface area contributed by atoms with Crippen LogP contribution in [0.2, 0.25) is 0 Å². The van der Waals surface area contributed by atoms with Crippen molar-refractivity contribution in [2.45, 2.75) is 30.6 Å². The van der Waals surface area contributed by atoms with Crippen molar-refractivity contribution in [3.63, 3.8) is 0 Å². The molecule has 1 N–H and O–H groups in total. The number of benzene rings is 1. The van der Waals surface area contributed by atoms with E-state index in [9.17, 15) is 13.2 Å². The van der Waals surface area contributed by atoms with Crippen LogP contribution in [0.5, 0.6) is 5.75 Å². The van der Waals surface area contributed by atoms with Gasteiger partial charge in [0.25, 0.3) is 0 Å². The second-order valence-electron chi connectivity index (χ2n) is 6.42. The van der Waals surface area contributed by atoms with E-state index < -0.39 is 15.9 Å². The Hall–Kier alpha value is -2.23. The SMILES string of the molecule is COc1ccc(S(=O)(=O)N2CCCCCC2)cc1NC(=O)/C=C/c1cscn1. The van der Waals surface area contributed by atoms with Crippen molar-refractivity contribution in [2.75, 3.05) is 25.5 Å². The van der Waals surface area contributed by atoms with E-state index in [1.807, 2.05) is 5.38 Å². The van der Waals surface area contributed by atoms with E-state index in [0.717, 1.165) is 25.7 Å². The first kappa shape index (κ1) is 20.5. The maximum absolute atomic E-state index is 13.0. The maximum atomic E-state index is 13.0. The molecule has 150 valence electrons. The number of hydrogen-bond acceptors (Lipinski definition) is 6. The number of nitrogens with one attached hydrogen (secondary N) is 1. The van der Waals surface area contributed by atoms with Crippen molar-refractivity contribution in [3.05, 3.63) is 40.9 Å². The van der Waals surface area contributed by atoms with Crippen LogP contribution in [0.15, 0.2) is 40.1 Å². The summed E-state index contributed by atoms with van der Waals surface area (Å²) in [5, 5.41) is 4.51. The second kappa shape index (κ2) is 9.31. The van der Waals surface area contributed by atoms with Crippen molar-refractivity contribution in [2.24, 2.45) is 0 Å². The number of carbonyl (C=O) groups excluding carboxylic acids is 1. The molecule has 1 aliphatic heterocycles. The van der Waals surface area contributed by atoms with Gasteiger partial charge in [0.1, 0.15) is 5.75 Å². The molecule has 1 saturated heterocycles. The van der Waals surface area contributed by atoms with Crippen LogP contribution in [0.3, 0.4) is 0 Å². The largest absolute Gasteiger partial charge is 0.495 e.